The van der Waals surface area contributed by atoms with E-state index in [2.05, 4.69) is 10.3 Å². The first-order valence-corrected chi connectivity index (χ1v) is 8.84. The first kappa shape index (κ1) is 19.2. The number of carbonyl (C=O) groups excluding carboxylic acids is 1. The van der Waals surface area contributed by atoms with Crippen LogP contribution in [0.2, 0.25) is 0 Å². The molecule has 144 valence electrons. The topological polar surface area (TPSA) is 82.4 Å². The Bertz CT molecular complexity index is 1030. The second kappa shape index (κ2) is 8.85. The lowest BCUT2D eigenvalue weighted by Crippen LogP contribution is -2.27. The fourth-order valence-corrected chi connectivity index (χ4v) is 2.74. The number of hydrogen-bond acceptors (Lipinski definition) is 5. The Kier molecular flexibility index (Phi) is 6.06. The molecule has 0 unspecified atom stereocenters. The molecule has 0 spiro atoms. The highest BCUT2D eigenvalue weighted by Gasteiger charge is 2.11. The molecule has 1 aromatic heterocycles. The van der Waals surface area contributed by atoms with Crippen LogP contribution in [0.4, 0.5) is 5.69 Å². The van der Waals surface area contributed by atoms with E-state index in [0.29, 0.717) is 35.1 Å². The monoisotopic (exact) mass is 379 g/mol. The molecule has 0 fully saturated rings. The van der Waals surface area contributed by atoms with Crippen molar-refractivity contribution in [1.29, 1.82) is 0 Å². The van der Waals surface area contributed by atoms with Crippen molar-refractivity contribution in [1.82, 2.24) is 9.55 Å². The molecular weight excluding hydrogens is 358 g/mol. The maximum absolute atomic E-state index is 12.4. The lowest BCUT2D eigenvalue weighted by Gasteiger charge is -2.12. The number of aromatic nitrogens is 2. The highest BCUT2D eigenvalue weighted by atomic mass is 16.5. The molecule has 3 rings (SSSR count). The van der Waals surface area contributed by atoms with Gasteiger partial charge in [-0.1, -0.05) is 24.3 Å². The van der Waals surface area contributed by atoms with E-state index < -0.39 is 0 Å². The van der Waals surface area contributed by atoms with Gasteiger partial charge in [0.1, 0.15) is 18.0 Å². The van der Waals surface area contributed by atoms with Crippen LogP contribution >= 0.6 is 0 Å². The average Bonchev–Trinajstić information content (AvgIpc) is 2.71. The number of anilines is 1. The van der Waals surface area contributed by atoms with Crippen molar-refractivity contribution in [3.05, 3.63) is 71.3 Å². The fourth-order valence-electron chi connectivity index (χ4n) is 2.74. The van der Waals surface area contributed by atoms with E-state index in [-0.39, 0.29) is 18.0 Å². The van der Waals surface area contributed by atoms with Crippen molar-refractivity contribution in [2.45, 2.75) is 13.5 Å². The van der Waals surface area contributed by atoms with Crippen LogP contribution in [0.3, 0.4) is 0 Å². The number of methoxy groups -OCH3 is 1. The number of nitrogens with one attached hydrogen (secondary N) is 1. The fraction of sp³-hybridized carbons (Fsp3) is 0.190. The molecule has 7 heteroatoms. The minimum Gasteiger partial charge on any atom is -0.496 e. The van der Waals surface area contributed by atoms with Gasteiger partial charge in [-0.2, -0.15) is 0 Å². The van der Waals surface area contributed by atoms with Crippen LogP contribution in [-0.4, -0.2) is 29.2 Å². The molecule has 2 aromatic carbocycles. The number of nitrogens with zero attached hydrogens (tertiary/aromatic N) is 2. The number of rotatable bonds is 7. The summed E-state index contributed by atoms with van der Waals surface area (Å²) < 4.78 is 12.0. The Labute approximate surface area is 162 Å². The van der Waals surface area contributed by atoms with E-state index in [0.717, 1.165) is 0 Å². The second-order valence-corrected chi connectivity index (χ2v) is 5.92. The lowest BCUT2D eigenvalue weighted by molar-refractivity contribution is -0.116. The zero-order valence-corrected chi connectivity index (χ0v) is 15.7. The van der Waals surface area contributed by atoms with E-state index in [1.807, 2.05) is 31.2 Å². The number of carbonyl (C=O) groups is 1. The first-order chi connectivity index (χ1) is 13.6. The molecule has 0 aliphatic rings. The predicted octanol–water partition coefficient (Wildman–Crippen LogP) is 2.96. The van der Waals surface area contributed by atoms with Crippen LogP contribution in [0.1, 0.15) is 6.92 Å². The Morgan fingerprint density at radius 2 is 1.82 bits per heavy atom. The van der Waals surface area contributed by atoms with E-state index in [1.54, 1.807) is 31.4 Å². The lowest BCUT2D eigenvalue weighted by atomic mass is 10.1. The number of para-hydroxylation sites is 3. The molecule has 1 N–H and O–H groups in total. The normalized spacial score (nSPS) is 10.4. The third-order valence-electron chi connectivity index (χ3n) is 4.04. The number of amides is 1. The standard InChI is InChI=1S/C21H21N3O4/c1-3-28-19-11-7-5-9-16(19)23-20(25)13-24-14-22-17(12-21(24)26)15-8-4-6-10-18(15)27-2/h4-12,14H,3,13H2,1-2H3,(H,23,25). The number of ether oxygens (including phenoxy) is 2. The zero-order valence-electron chi connectivity index (χ0n) is 15.7. The van der Waals surface area contributed by atoms with Gasteiger partial charge in [0, 0.05) is 11.6 Å². The van der Waals surface area contributed by atoms with Gasteiger partial charge in [0.2, 0.25) is 5.91 Å². The van der Waals surface area contributed by atoms with Gasteiger partial charge in [-0.25, -0.2) is 4.98 Å². The smallest absolute Gasteiger partial charge is 0.254 e. The summed E-state index contributed by atoms with van der Waals surface area (Å²) in [4.78, 5) is 29.1. The van der Waals surface area contributed by atoms with Crippen molar-refractivity contribution in [3.8, 4) is 22.8 Å². The summed E-state index contributed by atoms with van der Waals surface area (Å²) in [5, 5.41) is 2.76. The minimum absolute atomic E-state index is 0.154. The quantitative estimate of drug-likeness (QED) is 0.682. The molecule has 0 aliphatic heterocycles. The molecule has 28 heavy (non-hydrogen) atoms. The SMILES string of the molecule is CCOc1ccccc1NC(=O)Cn1cnc(-c2ccccc2OC)cc1=O. The van der Waals surface area contributed by atoms with Gasteiger partial charge in [-0.05, 0) is 31.2 Å². The van der Waals surface area contributed by atoms with Crippen LogP contribution in [0.5, 0.6) is 11.5 Å². The van der Waals surface area contributed by atoms with Crippen LogP contribution < -0.4 is 20.3 Å². The molecule has 1 amide bonds. The van der Waals surface area contributed by atoms with E-state index >= 15 is 0 Å². The van der Waals surface area contributed by atoms with Gasteiger partial charge in [0.25, 0.3) is 5.56 Å². The minimum atomic E-state index is -0.346. The molecule has 0 radical (unpaired) electrons. The third-order valence-corrected chi connectivity index (χ3v) is 4.04. The van der Waals surface area contributed by atoms with Gasteiger partial charge < -0.3 is 14.8 Å². The molecule has 7 nitrogen and oxygen atoms in total. The summed E-state index contributed by atoms with van der Waals surface area (Å²) in [5.41, 5.74) is 1.43. The van der Waals surface area contributed by atoms with Crippen LogP contribution in [-0.2, 0) is 11.3 Å². The number of benzene rings is 2. The maximum atomic E-state index is 12.4. The summed E-state index contributed by atoms with van der Waals surface area (Å²) >= 11 is 0. The Morgan fingerprint density at radius 1 is 1.11 bits per heavy atom. The van der Waals surface area contributed by atoms with Crippen molar-refractivity contribution >= 4 is 11.6 Å². The molecule has 0 atom stereocenters. The zero-order chi connectivity index (χ0) is 19.9. The largest absolute Gasteiger partial charge is 0.496 e. The maximum Gasteiger partial charge on any atom is 0.254 e. The van der Waals surface area contributed by atoms with E-state index in [4.69, 9.17) is 9.47 Å². The Hall–Kier alpha value is -3.61. The summed E-state index contributed by atoms with van der Waals surface area (Å²) in [7, 11) is 1.56. The highest BCUT2D eigenvalue weighted by Crippen LogP contribution is 2.27. The molecule has 0 saturated heterocycles. The molecule has 1 heterocycles. The van der Waals surface area contributed by atoms with Crippen molar-refractivity contribution in [2.24, 2.45) is 0 Å². The molecule has 3 aromatic rings. The van der Waals surface area contributed by atoms with Crippen molar-refractivity contribution in [3.63, 3.8) is 0 Å². The van der Waals surface area contributed by atoms with Gasteiger partial charge in [0.15, 0.2) is 0 Å². The van der Waals surface area contributed by atoms with Gasteiger partial charge in [-0.15, -0.1) is 0 Å². The average molecular weight is 379 g/mol. The molecule has 0 saturated carbocycles. The van der Waals surface area contributed by atoms with Gasteiger partial charge in [-0.3, -0.25) is 14.2 Å². The summed E-state index contributed by atoms with van der Waals surface area (Å²) in [5.74, 6) is 0.855. The number of hydrogen-bond donors (Lipinski definition) is 1. The molecule has 0 aliphatic carbocycles. The molecule has 0 bridgehead atoms. The highest BCUT2D eigenvalue weighted by molar-refractivity contribution is 5.92. The Morgan fingerprint density at radius 3 is 2.54 bits per heavy atom. The van der Waals surface area contributed by atoms with Crippen molar-refractivity contribution < 1.29 is 14.3 Å². The summed E-state index contributed by atoms with van der Waals surface area (Å²) in [6.45, 7) is 2.20. The molecular formula is C21H21N3O4. The van der Waals surface area contributed by atoms with Crippen LogP contribution in [0.15, 0.2) is 65.7 Å². The predicted molar refractivity (Wildman–Crippen MR) is 107 cm³/mol. The second-order valence-electron chi connectivity index (χ2n) is 5.92. The van der Waals surface area contributed by atoms with Gasteiger partial charge in [0.05, 0.1) is 31.4 Å². The van der Waals surface area contributed by atoms with E-state index in [9.17, 15) is 9.59 Å². The van der Waals surface area contributed by atoms with E-state index in [1.165, 1.54) is 17.0 Å². The summed E-state index contributed by atoms with van der Waals surface area (Å²) in [6.07, 6.45) is 1.36. The van der Waals surface area contributed by atoms with Crippen LogP contribution in [0.25, 0.3) is 11.3 Å². The van der Waals surface area contributed by atoms with Crippen molar-refractivity contribution in [2.75, 3.05) is 19.0 Å². The Balaban J connectivity index is 1.77. The third kappa shape index (κ3) is 4.37. The summed E-state index contributed by atoms with van der Waals surface area (Å²) in [6, 6.07) is 15.8. The van der Waals surface area contributed by atoms with Gasteiger partial charge >= 0.3 is 0 Å². The first-order valence-electron chi connectivity index (χ1n) is 8.84. The van der Waals surface area contributed by atoms with Crippen LogP contribution in [0, 0.1) is 0 Å².